The molecule has 3 atom stereocenters. The van der Waals surface area contributed by atoms with E-state index in [0.29, 0.717) is 37.3 Å². The maximum atomic E-state index is 13.5. The average molecular weight is 566 g/mol. The summed E-state index contributed by atoms with van der Waals surface area (Å²) < 4.78 is 1.49. The van der Waals surface area contributed by atoms with Gasteiger partial charge in [0, 0.05) is 57.4 Å². The van der Waals surface area contributed by atoms with E-state index in [1.54, 1.807) is 38.4 Å². The summed E-state index contributed by atoms with van der Waals surface area (Å²) >= 11 is 0. The van der Waals surface area contributed by atoms with Crippen LogP contribution in [0.1, 0.15) is 68.4 Å². The Morgan fingerprint density at radius 3 is 2.41 bits per heavy atom. The summed E-state index contributed by atoms with van der Waals surface area (Å²) in [6, 6.07) is 7.82. The third-order valence-corrected chi connectivity index (χ3v) is 8.04. The van der Waals surface area contributed by atoms with Crippen molar-refractivity contribution in [3.63, 3.8) is 0 Å². The molecule has 1 saturated carbocycles. The van der Waals surface area contributed by atoms with E-state index >= 15 is 0 Å². The molecule has 2 heterocycles. The quantitative estimate of drug-likeness (QED) is 0.348. The molecule has 0 bridgehead atoms. The van der Waals surface area contributed by atoms with Crippen LogP contribution < -0.4 is 21.3 Å². The number of nitrogens with zero attached hydrogens (tertiary/aromatic N) is 3. The summed E-state index contributed by atoms with van der Waals surface area (Å²) in [5.74, 6) is -0.776. The molecule has 4 rings (SSSR count). The summed E-state index contributed by atoms with van der Waals surface area (Å²) in [5, 5.41) is 16.2. The molecule has 2 fully saturated rings. The summed E-state index contributed by atoms with van der Waals surface area (Å²) in [5.41, 5.74) is 1.87. The van der Waals surface area contributed by atoms with Crippen LogP contribution in [0.4, 0.5) is 5.69 Å². The molecule has 1 aliphatic carbocycles. The minimum atomic E-state index is -0.662. The number of hydrogen-bond acceptors (Lipinski definition) is 6. The molecular weight excluding hydrogens is 522 g/mol. The van der Waals surface area contributed by atoms with Crippen LogP contribution in [0, 0.1) is 5.92 Å². The molecule has 41 heavy (non-hydrogen) atoms. The lowest BCUT2D eigenvalue weighted by Crippen LogP contribution is -2.57. The van der Waals surface area contributed by atoms with Gasteiger partial charge in [-0.3, -0.25) is 23.9 Å². The maximum Gasteiger partial charge on any atom is 0.270 e. The van der Waals surface area contributed by atoms with E-state index < -0.39 is 12.1 Å². The van der Waals surface area contributed by atoms with Crippen molar-refractivity contribution < 1.29 is 19.2 Å². The van der Waals surface area contributed by atoms with Gasteiger partial charge in [0.25, 0.3) is 5.91 Å². The van der Waals surface area contributed by atoms with Gasteiger partial charge in [-0.05, 0) is 49.4 Å². The summed E-state index contributed by atoms with van der Waals surface area (Å²) in [4.78, 5) is 53.8. The number of benzene rings is 1. The lowest BCUT2D eigenvalue weighted by Gasteiger charge is -2.34. The first-order valence-corrected chi connectivity index (χ1v) is 14.7. The number of carbonyl (C=O) groups is 4. The fourth-order valence-electron chi connectivity index (χ4n) is 5.71. The molecule has 0 unspecified atom stereocenters. The van der Waals surface area contributed by atoms with Crippen molar-refractivity contribution in [2.75, 3.05) is 25.0 Å². The van der Waals surface area contributed by atoms with Gasteiger partial charge in [-0.25, -0.2) is 0 Å². The van der Waals surface area contributed by atoms with Gasteiger partial charge in [0.2, 0.25) is 17.7 Å². The predicted octanol–water partition coefficient (Wildman–Crippen LogP) is 2.00. The highest BCUT2D eigenvalue weighted by molar-refractivity contribution is 6.00. The van der Waals surface area contributed by atoms with Gasteiger partial charge in [-0.1, -0.05) is 38.3 Å². The minimum Gasteiger partial charge on any atom is -0.344 e. The Kier molecular flexibility index (Phi) is 10.5. The number of nitrogens with one attached hydrogen (secondary N) is 4. The van der Waals surface area contributed by atoms with Crippen molar-refractivity contribution in [1.82, 2.24) is 30.6 Å². The van der Waals surface area contributed by atoms with Crippen molar-refractivity contribution >= 4 is 29.3 Å². The molecule has 0 radical (unpaired) electrons. The van der Waals surface area contributed by atoms with Gasteiger partial charge in [-0.2, -0.15) is 5.10 Å². The number of aryl methyl sites for hydroxylation is 1. The van der Waals surface area contributed by atoms with Gasteiger partial charge in [0.1, 0.15) is 17.8 Å². The zero-order valence-electron chi connectivity index (χ0n) is 24.3. The van der Waals surface area contributed by atoms with Gasteiger partial charge in [0.15, 0.2) is 0 Å². The second kappa shape index (κ2) is 14.2. The van der Waals surface area contributed by atoms with Gasteiger partial charge in [-0.15, -0.1) is 0 Å². The normalized spacial score (nSPS) is 19.2. The van der Waals surface area contributed by atoms with Crippen LogP contribution in [0.3, 0.4) is 0 Å². The largest absolute Gasteiger partial charge is 0.344 e. The van der Waals surface area contributed by atoms with Crippen LogP contribution in [0.5, 0.6) is 0 Å². The molecule has 1 saturated heterocycles. The molecule has 11 heteroatoms. The predicted molar refractivity (Wildman–Crippen MR) is 156 cm³/mol. The van der Waals surface area contributed by atoms with Crippen molar-refractivity contribution in [2.45, 2.75) is 76.9 Å². The number of carbonyl (C=O) groups excluding carboxylic acids is 4. The van der Waals surface area contributed by atoms with Crippen LogP contribution in [0.2, 0.25) is 0 Å². The first kappa shape index (κ1) is 30.2. The molecule has 1 aromatic heterocycles. The monoisotopic (exact) mass is 565 g/mol. The number of hydrogen-bond donors (Lipinski definition) is 4. The van der Waals surface area contributed by atoms with Gasteiger partial charge >= 0.3 is 0 Å². The van der Waals surface area contributed by atoms with Gasteiger partial charge in [0.05, 0.1) is 0 Å². The highest BCUT2D eigenvalue weighted by Gasteiger charge is 2.32. The summed E-state index contributed by atoms with van der Waals surface area (Å²) in [6.45, 7) is 5.73. The van der Waals surface area contributed by atoms with Crippen LogP contribution in [-0.2, 0) is 27.9 Å². The fourth-order valence-corrected chi connectivity index (χ4v) is 5.71. The number of anilines is 1. The lowest BCUT2D eigenvalue weighted by molar-refractivity contribution is -0.137. The van der Waals surface area contributed by atoms with E-state index in [1.165, 1.54) is 4.68 Å². The number of amides is 4. The van der Waals surface area contributed by atoms with Crippen molar-refractivity contribution in [1.29, 1.82) is 0 Å². The van der Waals surface area contributed by atoms with Crippen molar-refractivity contribution in [2.24, 2.45) is 13.0 Å². The third-order valence-electron chi connectivity index (χ3n) is 8.04. The minimum absolute atomic E-state index is 0.0573. The second-order valence-corrected chi connectivity index (χ2v) is 11.2. The molecule has 11 nitrogen and oxygen atoms in total. The topological polar surface area (TPSA) is 137 Å². The van der Waals surface area contributed by atoms with E-state index in [1.807, 2.05) is 24.0 Å². The molecular formula is C30H43N7O4. The third kappa shape index (κ3) is 8.16. The Balaban J connectivity index is 1.43. The smallest absolute Gasteiger partial charge is 0.270 e. The first-order valence-electron chi connectivity index (χ1n) is 14.7. The molecule has 2 aliphatic rings. The van der Waals surface area contributed by atoms with Crippen molar-refractivity contribution in [3.8, 4) is 0 Å². The molecule has 0 spiro atoms. The van der Waals surface area contributed by atoms with Crippen LogP contribution in [0.15, 0.2) is 36.5 Å². The summed E-state index contributed by atoms with van der Waals surface area (Å²) in [7, 11) is 1.70. The Morgan fingerprint density at radius 2 is 1.78 bits per heavy atom. The molecule has 2 aromatic rings. The summed E-state index contributed by atoms with van der Waals surface area (Å²) in [6.07, 6.45) is 7.17. The SMILES string of the molecule is CCC(=O)N[C@H](Cc1ccc(NC(=O)[C@@H](NC(=O)c2ccnn2C)C2CCCCC2)cc1)C(=O)N1CCN[C@@H](C)C1. The highest BCUT2D eigenvalue weighted by Crippen LogP contribution is 2.27. The Morgan fingerprint density at radius 1 is 1.05 bits per heavy atom. The van der Waals surface area contributed by atoms with Gasteiger partial charge < -0.3 is 26.2 Å². The average Bonchev–Trinajstić information content (AvgIpc) is 3.42. The van der Waals surface area contributed by atoms with E-state index in [4.69, 9.17) is 0 Å². The molecule has 1 aromatic carbocycles. The molecule has 222 valence electrons. The van der Waals surface area contributed by atoms with E-state index in [2.05, 4.69) is 26.4 Å². The lowest BCUT2D eigenvalue weighted by atomic mass is 9.83. The zero-order chi connectivity index (χ0) is 29.4. The zero-order valence-corrected chi connectivity index (χ0v) is 24.3. The Hall–Kier alpha value is -3.73. The van der Waals surface area contributed by atoms with E-state index in [0.717, 1.165) is 44.2 Å². The highest BCUT2D eigenvalue weighted by atomic mass is 16.2. The van der Waals surface area contributed by atoms with E-state index in [9.17, 15) is 19.2 Å². The van der Waals surface area contributed by atoms with E-state index in [-0.39, 0.29) is 35.6 Å². The molecule has 4 N–H and O–H groups in total. The Bertz CT molecular complexity index is 1210. The fraction of sp³-hybridized carbons (Fsp3) is 0.567. The molecule has 4 amide bonds. The number of rotatable bonds is 10. The second-order valence-electron chi connectivity index (χ2n) is 11.2. The maximum absolute atomic E-state index is 13.5. The Labute approximate surface area is 241 Å². The van der Waals surface area contributed by atoms with Crippen molar-refractivity contribution in [3.05, 3.63) is 47.8 Å². The number of aromatic nitrogens is 2. The van der Waals surface area contributed by atoms with Crippen LogP contribution in [-0.4, -0.2) is 76.1 Å². The molecule has 1 aliphatic heterocycles. The van der Waals surface area contributed by atoms with Crippen LogP contribution in [0.25, 0.3) is 0 Å². The number of piperazine rings is 1. The first-order chi connectivity index (χ1) is 19.7. The standard InChI is InChI=1S/C30H43N7O4/c1-4-26(38)34-24(30(41)37-17-16-31-20(2)19-37)18-21-10-12-23(13-11-21)33-29(40)27(22-8-6-5-7-9-22)35-28(39)25-14-15-32-36(25)3/h10-15,20,22,24,27,31H,4-9,16-19H2,1-3H3,(H,33,40)(H,34,38)(H,35,39)/t20-,24+,27-/m0/s1. The van der Waals surface area contributed by atoms with Crippen LogP contribution >= 0.6 is 0 Å².